The van der Waals surface area contributed by atoms with Gasteiger partial charge in [0.05, 0.1) is 23.0 Å². The summed E-state index contributed by atoms with van der Waals surface area (Å²) in [6.45, 7) is 4.77. The van der Waals surface area contributed by atoms with Crippen molar-refractivity contribution in [1.82, 2.24) is 14.7 Å². The van der Waals surface area contributed by atoms with Gasteiger partial charge in [0.15, 0.2) is 5.69 Å². The van der Waals surface area contributed by atoms with Gasteiger partial charge in [-0.3, -0.25) is 4.79 Å². The predicted molar refractivity (Wildman–Crippen MR) is 127 cm³/mol. The minimum Gasteiger partial charge on any atom is -0.461 e. The van der Waals surface area contributed by atoms with Crippen LogP contribution in [0.25, 0.3) is 16.9 Å². The van der Waals surface area contributed by atoms with Crippen molar-refractivity contribution in [1.29, 1.82) is 0 Å². The largest absolute Gasteiger partial charge is 0.461 e. The van der Waals surface area contributed by atoms with Crippen LogP contribution in [0.4, 0.5) is 0 Å². The van der Waals surface area contributed by atoms with Gasteiger partial charge in [-0.2, -0.15) is 5.10 Å². The molecule has 3 rings (SSSR count). The van der Waals surface area contributed by atoms with Gasteiger partial charge in [-0.05, 0) is 61.9 Å². The van der Waals surface area contributed by atoms with Gasteiger partial charge < -0.3 is 9.64 Å². The summed E-state index contributed by atoms with van der Waals surface area (Å²) in [6, 6.07) is 13.8. The molecule has 1 amide bonds. The van der Waals surface area contributed by atoms with Gasteiger partial charge in [0.1, 0.15) is 0 Å². The Morgan fingerprint density at radius 2 is 1.78 bits per heavy atom. The van der Waals surface area contributed by atoms with E-state index in [2.05, 4.69) is 12.0 Å². The molecule has 0 unspecified atom stereocenters. The van der Waals surface area contributed by atoms with E-state index in [0.29, 0.717) is 39.1 Å². The number of esters is 1. The van der Waals surface area contributed by atoms with Gasteiger partial charge in [0.25, 0.3) is 5.91 Å². The van der Waals surface area contributed by atoms with Crippen LogP contribution in [0.3, 0.4) is 0 Å². The first-order chi connectivity index (χ1) is 15.3. The molecule has 0 fully saturated rings. The Labute approximate surface area is 197 Å². The quantitative estimate of drug-likeness (QED) is 0.382. The van der Waals surface area contributed by atoms with Gasteiger partial charge >= 0.3 is 5.97 Å². The minimum absolute atomic E-state index is 0.0429. The highest BCUT2D eigenvalue weighted by Crippen LogP contribution is 2.32. The van der Waals surface area contributed by atoms with Crippen molar-refractivity contribution < 1.29 is 14.3 Å². The molecule has 0 aliphatic carbocycles. The number of hydrogen-bond donors (Lipinski definition) is 0. The molecule has 0 atom stereocenters. The topological polar surface area (TPSA) is 64.4 Å². The molecule has 1 aromatic heterocycles. The van der Waals surface area contributed by atoms with Crippen molar-refractivity contribution >= 4 is 35.1 Å². The molecule has 0 aliphatic rings. The molecule has 0 radical (unpaired) electrons. The van der Waals surface area contributed by atoms with Crippen LogP contribution in [0.1, 0.15) is 47.5 Å². The number of aromatic nitrogens is 2. The van der Waals surface area contributed by atoms with Crippen LogP contribution in [0.5, 0.6) is 0 Å². The lowest BCUT2D eigenvalue weighted by molar-refractivity contribution is 0.0518. The van der Waals surface area contributed by atoms with Gasteiger partial charge in [-0.1, -0.05) is 36.5 Å². The summed E-state index contributed by atoms with van der Waals surface area (Å²) in [6.07, 6.45) is 1.98. The summed E-state index contributed by atoms with van der Waals surface area (Å²) in [5.41, 5.74) is 2.69. The van der Waals surface area contributed by atoms with Crippen molar-refractivity contribution in [3.05, 3.63) is 69.8 Å². The average molecular weight is 474 g/mol. The summed E-state index contributed by atoms with van der Waals surface area (Å²) in [5.74, 6) is -0.569. The van der Waals surface area contributed by atoms with E-state index in [0.717, 1.165) is 12.8 Å². The Bertz CT molecular complexity index is 1110. The fourth-order valence-corrected chi connectivity index (χ4v) is 3.74. The van der Waals surface area contributed by atoms with Crippen LogP contribution in [-0.2, 0) is 4.74 Å². The monoisotopic (exact) mass is 473 g/mol. The van der Waals surface area contributed by atoms with Crippen molar-refractivity contribution in [3.8, 4) is 16.9 Å². The van der Waals surface area contributed by atoms with Crippen LogP contribution in [0, 0.1) is 0 Å². The Balaban J connectivity index is 2.00. The van der Waals surface area contributed by atoms with Gasteiger partial charge in [-0.15, -0.1) is 0 Å². The smallest absolute Gasteiger partial charge is 0.358 e. The molecule has 0 spiro atoms. The Morgan fingerprint density at radius 3 is 2.41 bits per heavy atom. The van der Waals surface area contributed by atoms with Crippen molar-refractivity contribution in [2.24, 2.45) is 0 Å². The number of hydrogen-bond acceptors (Lipinski definition) is 4. The molecule has 32 heavy (non-hydrogen) atoms. The van der Waals surface area contributed by atoms with Crippen LogP contribution < -0.4 is 0 Å². The number of amides is 1. The SMILES string of the molecule is CCCCN(C)C(=O)c1ccc(-n2nc(C(=O)OCC)cc2-c2ccc(Cl)cc2Cl)cc1. The van der Waals surface area contributed by atoms with Crippen molar-refractivity contribution in [2.45, 2.75) is 26.7 Å². The number of carbonyl (C=O) groups is 2. The fourth-order valence-electron chi connectivity index (χ4n) is 3.23. The molecule has 0 aliphatic heterocycles. The van der Waals surface area contributed by atoms with E-state index in [1.165, 1.54) is 0 Å². The number of rotatable bonds is 8. The van der Waals surface area contributed by atoms with Gasteiger partial charge in [0, 0.05) is 29.7 Å². The number of nitrogens with zero attached hydrogens (tertiary/aromatic N) is 3. The van der Waals surface area contributed by atoms with E-state index in [-0.39, 0.29) is 18.2 Å². The zero-order valence-corrected chi connectivity index (χ0v) is 19.8. The predicted octanol–water partition coefficient (Wildman–Crippen LogP) is 5.89. The molecule has 3 aromatic rings. The van der Waals surface area contributed by atoms with Crippen LogP contribution in [0.15, 0.2) is 48.5 Å². The van der Waals surface area contributed by atoms with Gasteiger partial charge in [0.2, 0.25) is 0 Å². The van der Waals surface area contributed by atoms with Crippen molar-refractivity contribution in [3.63, 3.8) is 0 Å². The zero-order chi connectivity index (χ0) is 23.3. The third-order valence-corrected chi connectivity index (χ3v) is 5.50. The first kappa shape index (κ1) is 23.8. The minimum atomic E-state index is -0.526. The summed E-state index contributed by atoms with van der Waals surface area (Å²) in [7, 11) is 1.80. The first-order valence-corrected chi connectivity index (χ1v) is 11.2. The lowest BCUT2D eigenvalue weighted by Crippen LogP contribution is -2.27. The third-order valence-electron chi connectivity index (χ3n) is 4.95. The van der Waals surface area contributed by atoms with E-state index >= 15 is 0 Å². The maximum Gasteiger partial charge on any atom is 0.358 e. The van der Waals surface area contributed by atoms with E-state index in [9.17, 15) is 9.59 Å². The van der Waals surface area contributed by atoms with Gasteiger partial charge in [-0.25, -0.2) is 9.48 Å². The third kappa shape index (κ3) is 5.31. The summed E-state index contributed by atoms with van der Waals surface area (Å²) < 4.78 is 6.71. The van der Waals surface area contributed by atoms with E-state index in [1.54, 1.807) is 72.1 Å². The highest BCUT2D eigenvalue weighted by molar-refractivity contribution is 6.36. The lowest BCUT2D eigenvalue weighted by Gasteiger charge is -2.17. The second-order valence-corrected chi connectivity index (χ2v) is 8.14. The standard InChI is InChI=1S/C24H25Cl2N3O3/c1-4-6-13-28(3)23(30)16-7-10-18(11-8-16)29-22(15-21(27-29)24(31)32-5-2)19-12-9-17(25)14-20(19)26/h7-12,14-15H,4-6,13H2,1-3H3. The molecular weight excluding hydrogens is 449 g/mol. The molecular formula is C24H25Cl2N3O3. The summed E-state index contributed by atoms with van der Waals surface area (Å²) in [4.78, 5) is 26.7. The number of unbranched alkanes of at least 4 members (excludes halogenated alkanes) is 1. The second kappa shape index (κ2) is 10.7. The van der Waals surface area contributed by atoms with E-state index in [1.807, 2.05) is 0 Å². The molecule has 2 aromatic carbocycles. The first-order valence-electron chi connectivity index (χ1n) is 10.4. The number of ether oxygens (including phenoxy) is 1. The van der Waals surface area contributed by atoms with Crippen molar-refractivity contribution in [2.75, 3.05) is 20.2 Å². The second-order valence-electron chi connectivity index (χ2n) is 7.30. The molecule has 0 saturated heterocycles. The van der Waals surface area contributed by atoms with Crippen LogP contribution in [-0.4, -0.2) is 46.8 Å². The Hall–Kier alpha value is -2.83. The molecule has 0 saturated carbocycles. The lowest BCUT2D eigenvalue weighted by atomic mass is 10.1. The maximum absolute atomic E-state index is 12.6. The fraction of sp³-hybridized carbons (Fsp3) is 0.292. The molecule has 6 nitrogen and oxygen atoms in total. The highest BCUT2D eigenvalue weighted by Gasteiger charge is 2.20. The maximum atomic E-state index is 12.6. The normalized spacial score (nSPS) is 10.8. The summed E-state index contributed by atoms with van der Waals surface area (Å²) in [5, 5.41) is 5.38. The Kier molecular flexibility index (Phi) is 7.94. The molecule has 0 N–H and O–H groups in total. The zero-order valence-electron chi connectivity index (χ0n) is 18.3. The molecule has 8 heteroatoms. The van der Waals surface area contributed by atoms with Crippen LogP contribution >= 0.6 is 23.2 Å². The van der Waals surface area contributed by atoms with Crippen LogP contribution in [0.2, 0.25) is 10.0 Å². The number of benzene rings is 2. The number of halogens is 2. The van der Waals surface area contributed by atoms with E-state index < -0.39 is 5.97 Å². The highest BCUT2D eigenvalue weighted by atomic mass is 35.5. The average Bonchev–Trinajstić information content (AvgIpc) is 3.22. The number of carbonyl (C=O) groups excluding carboxylic acids is 2. The molecule has 168 valence electrons. The van der Waals surface area contributed by atoms with E-state index in [4.69, 9.17) is 27.9 Å². The molecule has 1 heterocycles. The summed E-state index contributed by atoms with van der Waals surface area (Å²) >= 11 is 12.5. The molecule has 0 bridgehead atoms. The Morgan fingerprint density at radius 1 is 1.06 bits per heavy atom.